The van der Waals surface area contributed by atoms with Crippen LogP contribution in [0.5, 0.6) is 5.75 Å². The van der Waals surface area contributed by atoms with Crippen molar-refractivity contribution >= 4 is 27.6 Å². The molecule has 4 aromatic carbocycles. The van der Waals surface area contributed by atoms with Gasteiger partial charge < -0.3 is 14.7 Å². The zero-order valence-electron chi connectivity index (χ0n) is 28.5. The summed E-state index contributed by atoms with van der Waals surface area (Å²) >= 11 is 0. The summed E-state index contributed by atoms with van der Waals surface area (Å²) in [5.74, 6) is -17.0. The van der Waals surface area contributed by atoms with Gasteiger partial charge in [-0.3, -0.25) is 4.79 Å². The predicted octanol–water partition coefficient (Wildman–Crippen LogP) is 7.67. The molecule has 0 saturated heterocycles. The van der Waals surface area contributed by atoms with E-state index in [9.17, 15) is 41.5 Å². The fourth-order valence-corrected chi connectivity index (χ4v) is 7.68. The molecular formula is C38H31F6N3O6S. The van der Waals surface area contributed by atoms with Crippen LogP contribution < -0.4 is 9.64 Å². The number of halogens is 6. The average molecular weight is 772 g/mol. The smallest absolute Gasteiger partial charge is 0.335 e. The van der Waals surface area contributed by atoms with Gasteiger partial charge in [0.2, 0.25) is 21.7 Å². The highest BCUT2D eigenvalue weighted by Crippen LogP contribution is 2.46. The van der Waals surface area contributed by atoms with Gasteiger partial charge in [-0.15, -0.1) is 0 Å². The lowest BCUT2D eigenvalue weighted by Gasteiger charge is -2.29. The molecule has 0 radical (unpaired) electrons. The van der Waals surface area contributed by atoms with Gasteiger partial charge in [-0.1, -0.05) is 36.4 Å². The Balaban J connectivity index is 1.51. The Morgan fingerprint density at radius 1 is 0.852 bits per heavy atom. The van der Waals surface area contributed by atoms with Crippen LogP contribution in [0.25, 0.3) is 0 Å². The van der Waals surface area contributed by atoms with E-state index in [-0.39, 0.29) is 33.9 Å². The molecule has 9 nitrogen and oxygen atoms in total. The molecule has 0 unspecified atom stereocenters. The normalized spacial score (nSPS) is 14.2. The molecule has 282 valence electrons. The van der Waals surface area contributed by atoms with E-state index in [4.69, 9.17) is 4.74 Å². The highest BCUT2D eigenvalue weighted by Gasteiger charge is 2.40. The van der Waals surface area contributed by atoms with Crippen molar-refractivity contribution in [3.05, 3.63) is 123 Å². The first kappa shape index (κ1) is 38.3. The van der Waals surface area contributed by atoms with E-state index in [1.807, 2.05) is 6.07 Å². The summed E-state index contributed by atoms with van der Waals surface area (Å²) in [4.78, 5) is 24.9. The monoisotopic (exact) mass is 771 g/mol. The van der Waals surface area contributed by atoms with Gasteiger partial charge in [-0.25, -0.2) is 39.6 Å². The molecule has 2 fully saturated rings. The first-order chi connectivity index (χ1) is 25.7. The largest absolute Gasteiger partial charge is 0.492 e. The topological polar surface area (TPSA) is 128 Å². The third-order valence-corrected chi connectivity index (χ3v) is 11.0. The molecule has 2 saturated carbocycles. The van der Waals surface area contributed by atoms with Gasteiger partial charge in [0.15, 0.2) is 34.0 Å². The molecule has 54 heavy (non-hydrogen) atoms. The number of sulfonamides is 1. The first-order valence-corrected chi connectivity index (χ1v) is 18.2. The van der Waals surface area contributed by atoms with Crippen LogP contribution in [0.15, 0.2) is 59.5 Å². The Morgan fingerprint density at radius 2 is 1.43 bits per heavy atom. The highest BCUT2D eigenvalue weighted by atomic mass is 32.2. The first-order valence-electron chi connectivity index (χ1n) is 16.8. The van der Waals surface area contributed by atoms with Gasteiger partial charge in [0, 0.05) is 6.54 Å². The summed E-state index contributed by atoms with van der Waals surface area (Å²) in [5, 5.41) is 19.3. The van der Waals surface area contributed by atoms with Gasteiger partial charge >= 0.3 is 5.97 Å². The van der Waals surface area contributed by atoms with E-state index in [0.29, 0.717) is 11.6 Å². The molecule has 0 aliphatic heterocycles. The van der Waals surface area contributed by atoms with E-state index in [0.717, 1.165) is 47.8 Å². The lowest BCUT2D eigenvalue weighted by Crippen LogP contribution is -2.43. The second-order valence-electron chi connectivity index (χ2n) is 13.0. The second-order valence-corrected chi connectivity index (χ2v) is 14.9. The summed E-state index contributed by atoms with van der Waals surface area (Å²) in [5.41, 5.74) is 1.05. The molecule has 0 bridgehead atoms. The number of anilines is 1. The Hall–Kier alpha value is -5.40. The highest BCUT2D eigenvalue weighted by molar-refractivity contribution is 7.89. The van der Waals surface area contributed by atoms with Crippen molar-refractivity contribution in [3.63, 3.8) is 0 Å². The number of nitrogens with zero attached hydrogens (tertiary/aromatic N) is 3. The fraction of sp³-hybridized carbons (Fsp3) is 0.289. The predicted molar refractivity (Wildman–Crippen MR) is 181 cm³/mol. The molecule has 2 aliphatic rings. The average Bonchev–Trinajstić information content (AvgIpc) is 4.06. The number of carbonyl (C=O) groups excluding carboxylic acids is 1. The summed E-state index contributed by atoms with van der Waals surface area (Å²) in [6.07, 6.45) is 3.69. The molecule has 4 aromatic rings. The van der Waals surface area contributed by atoms with Crippen molar-refractivity contribution in [2.75, 3.05) is 18.1 Å². The number of ether oxygens (including phenoxy) is 1. The van der Waals surface area contributed by atoms with Crippen LogP contribution in [-0.4, -0.2) is 42.9 Å². The van der Waals surface area contributed by atoms with Crippen LogP contribution >= 0.6 is 0 Å². The molecule has 0 spiro atoms. The minimum absolute atomic E-state index is 0.106. The van der Waals surface area contributed by atoms with Crippen molar-refractivity contribution in [1.29, 1.82) is 5.26 Å². The molecule has 2 aliphatic carbocycles. The maximum absolute atomic E-state index is 16.1. The van der Waals surface area contributed by atoms with Crippen LogP contribution in [-0.2, 0) is 27.9 Å². The van der Waals surface area contributed by atoms with Crippen LogP contribution in [0.4, 0.5) is 32.0 Å². The number of benzene rings is 4. The van der Waals surface area contributed by atoms with Gasteiger partial charge in [-0.05, 0) is 84.9 Å². The number of hydrogen-bond acceptors (Lipinski definition) is 6. The van der Waals surface area contributed by atoms with Crippen LogP contribution in [0.2, 0.25) is 0 Å². The number of hydrogen-bond donors (Lipinski definition) is 1. The van der Waals surface area contributed by atoms with Gasteiger partial charge in [0.25, 0.3) is 0 Å². The molecule has 0 atom stereocenters. The number of aromatic carboxylic acids is 1. The molecule has 0 aromatic heterocycles. The van der Waals surface area contributed by atoms with Gasteiger partial charge in [0.1, 0.15) is 11.4 Å². The number of rotatable bonds is 14. The summed E-state index contributed by atoms with van der Waals surface area (Å²) in [7, 11) is -5.82. The summed E-state index contributed by atoms with van der Waals surface area (Å²) in [6, 6.07) is 14.4. The van der Waals surface area contributed by atoms with Crippen molar-refractivity contribution in [2.45, 2.75) is 62.4 Å². The Morgan fingerprint density at radius 3 is 1.96 bits per heavy atom. The van der Waals surface area contributed by atoms with Crippen LogP contribution in [0.3, 0.4) is 0 Å². The van der Waals surface area contributed by atoms with E-state index in [1.54, 1.807) is 12.1 Å². The lowest BCUT2D eigenvalue weighted by atomic mass is 9.99. The number of nitriles is 1. The third kappa shape index (κ3) is 7.64. The molecule has 1 N–H and O–H groups in total. The number of carboxylic acids is 1. The van der Waals surface area contributed by atoms with Gasteiger partial charge in [-0.2, -0.15) is 9.57 Å². The Kier molecular flexibility index (Phi) is 10.8. The Labute approximate surface area is 306 Å². The molecule has 16 heteroatoms. The number of amides is 1. The zero-order chi connectivity index (χ0) is 39.1. The van der Waals surface area contributed by atoms with E-state index >= 15 is 13.2 Å². The van der Waals surface area contributed by atoms with Crippen LogP contribution in [0, 0.1) is 46.2 Å². The van der Waals surface area contributed by atoms with Crippen LogP contribution in [0.1, 0.15) is 82.6 Å². The standard InChI is InChI=1S/C38H31F6N3O6S/c1-2-53-29-15-27(38(49)50)14-28(39)36(29)47(17-20-11-25(21-7-8-21)13-26(12-20)22-9-10-22)30(48)19-46(18-24-6-4-3-5-23(24)16-45)54(51,52)37-34(43)32(41)31(40)33(42)35(37)44/h3-6,11-15,21-22H,2,7-10,17-19H2,1H3,(H,49,50). The third-order valence-electron chi connectivity index (χ3n) is 9.19. The minimum Gasteiger partial charge on any atom is -0.492 e. The molecule has 0 heterocycles. The van der Waals surface area contributed by atoms with Crippen molar-refractivity contribution in [2.24, 2.45) is 0 Å². The van der Waals surface area contributed by atoms with Crippen molar-refractivity contribution < 1.29 is 54.2 Å². The van der Waals surface area contributed by atoms with Gasteiger partial charge in [0.05, 0.1) is 36.9 Å². The van der Waals surface area contributed by atoms with Crippen molar-refractivity contribution in [1.82, 2.24) is 4.31 Å². The summed E-state index contributed by atoms with van der Waals surface area (Å²) in [6.45, 7) is -1.43. The molecule has 1 amide bonds. The molecular weight excluding hydrogens is 740 g/mol. The second kappa shape index (κ2) is 15.2. The Bertz CT molecular complexity index is 2270. The van der Waals surface area contributed by atoms with E-state index in [1.165, 1.54) is 31.2 Å². The van der Waals surface area contributed by atoms with E-state index in [2.05, 4.69) is 6.07 Å². The molecule has 6 rings (SSSR count). The maximum atomic E-state index is 16.1. The zero-order valence-corrected chi connectivity index (χ0v) is 29.3. The quantitative estimate of drug-likeness (QED) is 0.0792. The summed E-state index contributed by atoms with van der Waals surface area (Å²) < 4.78 is 123. The fourth-order valence-electron chi connectivity index (χ4n) is 6.20. The number of carboxylic acid groups (broad SMARTS) is 1. The van der Waals surface area contributed by atoms with Crippen molar-refractivity contribution in [3.8, 4) is 11.8 Å². The SMILES string of the molecule is CCOc1cc(C(=O)O)cc(F)c1N(Cc1cc(C2CC2)cc(C2CC2)c1)C(=O)CN(Cc1ccccc1C#N)S(=O)(=O)c1c(F)c(F)c(F)c(F)c1F. The number of carbonyl (C=O) groups is 2. The van der Waals surface area contributed by atoms with E-state index < -0.39 is 98.3 Å². The maximum Gasteiger partial charge on any atom is 0.335 e. The lowest BCUT2D eigenvalue weighted by molar-refractivity contribution is -0.119. The minimum atomic E-state index is -5.82.